The summed E-state index contributed by atoms with van der Waals surface area (Å²) in [4.78, 5) is 13.3. The standard InChI is InChI=1S/C8H3BrF5NO/c9-5-3(2-16)1-15-6(7(10)11)4(5)8(12,13)14/h1-2,7H. The monoisotopic (exact) mass is 303 g/mol. The summed E-state index contributed by atoms with van der Waals surface area (Å²) in [5.41, 5.74) is -3.45. The Morgan fingerprint density at radius 1 is 1.38 bits per heavy atom. The number of alkyl halides is 5. The van der Waals surface area contributed by atoms with Gasteiger partial charge in [0, 0.05) is 16.2 Å². The van der Waals surface area contributed by atoms with Crippen molar-refractivity contribution in [2.75, 3.05) is 0 Å². The van der Waals surface area contributed by atoms with E-state index in [1.165, 1.54) is 0 Å². The van der Waals surface area contributed by atoms with Crippen LogP contribution in [0.4, 0.5) is 22.0 Å². The minimum atomic E-state index is -5.00. The molecule has 0 bridgehead atoms. The lowest BCUT2D eigenvalue weighted by atomic mass is 10.1. The summed E-state index contributed by atoms with van der Waals surface area (Å²) in [6, 6.07) is 0. The Kier molecular flexibility index (Phi) is 3.61. The van der Waals surface area contributed by atoms with E-state index in [1.54, 1.807) is 0 Å². The highest BCUT2D eigenvalue weighted by atomic mass is 79.9. The summed E-state index contributed by atoms with van der Waals surface area (Å²) in [6.45, 7) is 0. The fourth-order valence-electron chi connectivity index (χ4n) is 1.03. The highest BCUT2D eigenvalue weighted by Gasteiger charge is 2.39. The number of carbonyl (C=O) groups is 1. The van der Waals surface area contributed by atoms with Crippen molar-refractivity contribution in [2.24, 2.45) is 0 Å². The van der Waals surface area contributed by atoms with Gasteiger partial charge in [-0.2, -0.15) is 13.2 Å². The van der Waals surface area contributed by atoms with Crippen LogP contribution in [0.1, 0.15) is 28.0 Å². The maximum absolute atomic E-state index is 12.5. The van der Waals surface area contributed by atoms with Crippen molar-refractivity contribution in [3.8, 4) is 0 Å². The van der Waals surface area contributed by atoms with Crippen LogP contribution in [0.25, 0.3) is 0 Å². The normalized spacial score (nSPS) is 11.9. The third-order valence-electron chi connectivity index (χ3n) is 1.69. The Labute approximate surface area is 94.6 Å². The number of rotatable bonds is 2. The molecule has 0 amide bonds. The van der Waals surface area contributed by atoms with E-state index in [0.717, 1.165) is 0 Å². The molecular formula is C8H3BrF5NO. The SMILES string of the molecule is O=Cc1cnc(C(F)F)c(C(F)(F)F)c1Br. The molecule has 1 aromatic rings. The van der Waals surface area contributed by atoms with E-state index in [1.807, 2.05) is 0 Å². The van der Waals surface area contributed by atoms with Crippen LogP contribution in [0, 0.1) is 0 Å². The first-order chi connectivity index (χ1) is 7.29. The second-order valence-corrected chi connectivity index (χ2v) is 3.50. The Morgan fingerprint density at radius 2 is 1.94 bits per heavy atom. The molecule has 2 nitrogen and oxygen atoms in total. The topological polar surface area (TPSA) is 30.0 Å². The van der Waals surface area contributed by atoms with Gasteiger partial charge in [0.05, 0.1) is 5.56 Å². The van der Waals surface area contributed by atoms with Crippen LogP contribution < -0.4 is 0 Å². The quantitative estimate of drug-likeness (QED) is 0.617. The van der Waals surface area contributed by atoms with Gasteiger partial charge < -0.3 is 0 Å². The van der Waals surface area contributed by atoms with Gasteiger partial charge in [-0.25, -0.2) is 8.78 Å². The number of hydrogen-bond donors (Lipinski definition) is 0. The minimum Gasteiger partial charge on any atom is -0.298 e. The molecule has 0 N–H and O–H groups in total. The zero-order valence-electron chi connectivity index (χ0n) is 7.36. The fourth-order valence-corrected chi connectivity index (χ4v) is 1.66. The van der Waals surface area contributed by atoms with Crippen molar-refractivity contribution in [2.45, 2.75) is 12.6 Å². The Balaban J connectivity index is 3.56. The Morgan fingerprint density at radius 3 is 2.31 bits per heavy atom. The van der Waals surface area contributed by atoms with E-state index in [-0.39, 0.29) is 6.29 Å². The second-order valence-electron chi connectivity index (χ2n) is 2.70. The number of pyridine rings is 1. The maximum atomic E-state index is 12.5. The molecule has 8 heteroatoms. The molecule has 0 saturated heterocycles. The molecule has 0 aliphatic rings. The van der Waals surface area contributed by atoms with Gasteiger partial charge in [-0.15, -0.1) is 0 Å². The minimum absolute atomic E-state index is 0.0988. The lowest BCUT2D eigenvalue weighted by Crippen LogP contribution is -2.13. The van der Waals surface area contributed by atoms with Crippen LogP contribution in [0.3, 0.4) is 0 Å². The number of hydrogen-bond acceptors (Lipinski definition) is 2. The van der Waals surface area contributed by atoms with Gasteiger partial charge in [-0.1, -0.05) is 0 Å². The summed E-state index contributed by atoms with van der Waals surface area (Å²) < 4.78 is 61.3. The summed E-state index contributed by atoms with van der Waals surface area (Å²) in [5.74, 6) is 0. The van der Waals surface area contributed by atoms with E-state index in [0.29, 0.717) is 6.20 Å². The highest BCUT2D eigenvalue weighted by molar-refractivity contribution is 9.10. The molecule has 0 atom stereocenters. The van der Waals surface area contributed by atoms with Crippen molar-refractivity contribution in [3.05, 3.63) is 27.5 Å². The summed E-state index contributed by atoms with van der Waals surface area (Å²) in [6.07, 6.45) is -7.61. The van der Waals surface area contributed by atoms with Crippen molar-refractivity contribution in [1.82, 2.24) is 4.98 Å². The van der Waals surface area contributed by atoms with Crippen molar-refractivity contribution in [1.29, 1.82) is 0 Å². The van der Waals surface area contributed by atoms with E-state index >= 15 is 0 Å². The van der Waals surface area contributed by atoms with Gasteiger partial charge in [-0.05, 0) is 15.9 Å². The number of carbonyl (C=O) groups excluding carboxylic acids is 1. The lowest BCUT2D eigenvalue weighted by molar-refractivity contribution is -0.140. The first-order valence-electron chi connectivity index (χ1n) is 3.78. The molecule has 0 unspecified atom stereocenters. The molecule has 0 fully saturated rings. The van der Waals surface area contributed by atoms with Crippen LogP contribution >= 0.6 is 15.9 Å². The van der Waals surface area contributed by atoms with Crippen LogP contribution in [-0.2, 0) is 6.18 Å². The molecule has 16 heavy (non-hydrogen) atoms. The average molecular weight is 304 g/mol. The maximum Gasteiger partial charge on any atom is 0.419 e. The van der Waals surface area contributed by atoms with Crippen molar-refractivity contribution in [3.63, 3.8) is 0 Å². The van der Waals surface area contributed by atoms with E-state index < -0.39 is 33.9 Å². The van der Waals surface area contributed by atoms with Crippen LogP contribution in [-0.4, -0.2) is 11.3 Å². The molecule has 0 radical (unpaired) electrons. The van der Waals surface area contributed by atoms with Crippen LogP contribution in [0.5, 0.6) is 0 Å². The second kappa shape index (κ2) is 4.44. The molecule has 1 heterocycles. The highest BCUT2D eigenvalue weighted by Crippen LogP contribution is 2.40. The number of nitrogens with zero attached hydrogens (tertiary/aromatic N) is 1. The number of halogens is 6. The molecule has 1 rings (SSSR count). The lowest BCUT2D eigenvalue weighted by Gasteiger charge is -2.14. The Hall–Kier alpha value is -1.05. The van der Waals surface area contributed by atoms with Gasteiger partial charge in [0.2, 0.25) is 0 Å². The van der Waals surface area contributed by atoms with Gasteiger partial charge >= 0.3 is 6.18 Å². The van der Waals surface area contributed by atoms with E-state index in [9.17, 15) is 26.7 Å². The zero-order chi connectivity index (χ0) is 12.5. The average Bonchev–Trinajstić information content (AvgIpc) is 2.14. The Bertz CT molecular complexity index is 418. The molecule has 0 aromatic carbocycles. The van der Waals surface area contributed by atoms with Gasteiger partial charge in [0.25, 0.3) is 6.43 Å². The molecule has 0 aliphatic heterocycles. The fraction of sp³-hybridized carbons (Fsp3) is 0.250. The summed E-state index contributed by atoms with van der Waals surface area (Å²) in [7, 11) is 0. The third-order valence-corrected chi connectivity index (χ3v) is 2.54. The van der Waals surface area contributed by atoms with Gasteiger partial charge in [-0.3, -0.25) is 9.78 Å². The van der Waals surface area contributed by atoms with Gasteiger partial charge in [0.1, 0.15) is 5.69 Å². The van der Waals surface area contributed by atoms with E-state index in [4.69, 9.17) is 0 Å². The predicted molar refractivity (Wildman–Crippen MR) is 47.3 cm³/mol. The summed E-state index contributed by atoms with van der Waals surface area (Å²) in [5, 5.41) is 0. The van der Waals surface area contributed by atoms with E-state index in [2.05, 4.69) is 20.9 Å². The largest absolute Gasteiger partial charge is 0.419 e. The van der Waals surface area contributed by atoms with Crippen LogP contribution in [0.15, 0.2) is 10.7 Å². The van der Waals surface area contributed by atoms with Crippen molar-refractivity contribution < 1.29 is 26.7 Å². The molecule has 88 valence electrons. The first-order valence-corrected chi connectivity index (χ1v) is 4.57. The zero-order valence-corrected chi connectivity index (χ0v) is 8.94. The third kappa shape index (κ3) is 2.37. The van der Waals surface area contributed by atoms with Crippen molar-refractivity contribution >= 4 is 22.2 Å². The summed E-state index contributed by atoms with van der Waals surface area (Å²) >= 11 is 2.47. The molecule has 0 spiro atoms. The number of aromatic nitrogens is 1. The smallest absolute Gasteiger partial charge is 0.298 e. The van der Waals surface area contributed by atoms with Crippen LogP contribution in [0.2, 0.25) is 0 Å². The molecule has 0 aliphatic carbocycles. The molecule has 0 saturated carbocycles. The van der Waals surface area contributed by atoms with Gasteiger partial charge in [0.15, 0.2) is 6.29 Å². The molecule has 1 aromatic heterocycles. The number of aldehydes is 1. The predicted octanol–water partition coefficient (Wildman–Crippen LogP) is 3.61. The molecular weight excluding hydrogens is 301 g/mol. The first kappa shape index (κ1) is 13.0.